The van der Waals surface area contributed by atoms with E-state index in [-0.39, 0.29) is 11.6 Å². The highest BCUT2D eigenvalue weighted by Gasteiger charge is 2.02. The number of ketones is 1. The molecule has 3 nitrogen and oxygen atoms in total. The molecule has 126 valence electrons. The summed E-state index contributed by atoms with van der Waals surface area (Å²) < 4.78 is 18.8. The van der Waals surface area contributed by atoms with Crippen LogP contribution < -0.4 is 10.1 Å². The molecule has 0 saturated carbocycles. The van der Waals surface area contributed by atoms with Crippen molar-refractivity contribution >= 4 is 11.5 Å². The van der Waals surface area contributed by atoms with Gasteiger partial charge in [-0.15, -0.1) is 0 Å². The van der Waals surface area contributed by atoms with Gasteiger partial charge < -0.3 is 10.1 Å². The van der Waals surface area contributed by atoms with E-state index in [1.807, 2.05) is 0 Å². The van der Waals surface area contributed by atoms with E-state index in [1.165, 1.54) is 12.1 Å². The lowest BCUT2D eigenvalue weighted by molar-refractivity contribution is 0.104. The summed E-state index contributed by atoms with van der Waals surface area (Å²) in [5.74, 6) is 0.409. The van der Waals surface area contributed by atoms with Gasteiger partial charge in [0.25, 0.3) is 0 Å². The molecule has 0 amide bonds. The molecule has 0 saturated heterocycles. The predicted octanol–water partition coefficient (Wildman–Crippen LogP) is 5.12. The molecule has 0 unspecified atom stereocenters. The molecule has 0 spiro atoms. The number of allylic oxidation sites excluding steroid dienone is 1. The van der Waals surface area contributed by atoms with E-state index < -0.39 is 0 Å². The second-order valence-corrected chi connectivity index (χ2v) is 5.53. The fourth-order valence-corrected chi connectivity index (χ4v) is 2.09. The molecule has 0 aliphatic carbocycles. The zero-order chi connectivity index (χ0) is 17.4. The van der Waals surface area contributed by atoms with Crippen molar-refractivity contribution in [2.75, 3.05) is 11.9 Å². The number of aryl methyl sites for hydroxylation is 1. The molecule has 2 aromatic carbocycles. The fourth-order valence-electron chi connectivity index (χ4n) is 2.09. The lowest BCUT2D eigenvalue weighted by Gasteiger charge is -2.05. The summed E-state index contributed by atoms with van der Waals surface area (Å²) in [5, 5.41) is 2.97. The summed E-state index contributed by atoms with van der Waals surface area (Å²) >= 11 is 0. The van der Waals surface area contributed by atoms with Crippen LogP contribution in [0.4, 0.5) is 10.1 Å². The Balaban J connectivity index is 1.90. The van der Waals surface area contributed by atoms with E-state index in [0.29, 0.717) is 17.7 Å². The van der Waals surface area contributed by atoms with Gasteiger partial charge in [0, 0.05) is 23.5 Å². The van der Waals surface area contributed by atoms with Crippen molar-refractivity contribution in [2.45, 2.75) is 26.7 Å². The van der Waals surface area contributed by atoms with Crippen LogP contribution in [0.3, 0.4) is 0 Å². The summed E-state index contributed by atoms with van der Waals surface area (Å²) in [6.07, 6.45) is 5.10. The van der Waals surface area contributed by atoms with E-state index >= 15 is 0 Å². The zero-order valence-corrected chi connectivity index (χ0v) is 14.0. The van der Waals surface area contributed by atoms with Crippen LogP contribution in [0.2, 0.25) is 0 Å². The van der Waals surface area contributed by atoms with Crippen LogP contribution in [0.25, 0.3) is 0 Å². The summed E-state index contributed by atoms with van der Waals surface area (Å²) in [5.41, 5.74) is 1.88. The average molecular weight is 327 g/mol. The number of unbranched alkanes of at least 4 members (excludes halogenated alkanes) is 1. The molecule has 24 heavy (non-hydrogen) atoms. The van der Waals surface area contributed by atoms with Gasteiger partial charge in [0.1, 0.15) is 11.6 Å². The molecular formula is C20H22FNO2. The van der Waals surface area contributed by atoms with Crippen LogP contribution in [0, 0.1) is 12.7 Å². The number of anilines is 1. The van der Waals surface area contributed by atoms with Crippen LogP contribution >= 0.6 is 0 Å². The summed E-state index contributed by atoms with van der Waals surface area (Å²) in [6, 6.07) is 11.8. The Morgan fingerprint density at radius 1 is 1.21 bits per heavy atom. The minimum atomic E-state index is -0.248. The second kappa shape index (κ2) is 8.87. The highest BCUT2D eigenvalue weighted by Crippen LogP contribution is 2.15. The molecule has 2 rings (SSSR count). The van der Waals surface area contributed by atoms with Crippen LogP contribution in [0.1, 0.15) is 35.7 Å². The second-order valence-electron chi connectivity index (χ2n) is 5.53. The highest BCUT2D eigenvalue weighted by molar-refractivity contribution is 6.04. The first-order valence-corrected chi connectivity index (χ1v) is 8.06. The zero-order valence-electron chi connectivity index (χ0n) is 14.0. The molecule has 0 heterocycles. The molecule has 0 radical (unpaired) electrons. The first-order valence-electron chi connectivity index (χ1n) is 8.06. The minimum Gasteiger partial charge on any atom is -0.494 e. The average Bonchev–Trinajstić information content (AvgIpc) is 2.59. The molecule has 2 aromatic rings. The molecule has 1 N–H and O–H groups in total. The first-order chi connectivity index (χ1) is 11.6. The molecule has 0 aliphatic rings. The number of hydrogen-bond acceptors (Lipinski definition) is 3. The molecule has 0 atom stereocenters. The van der Waals surface area contributed by atoms with Crippen LogP contribution in [-0.2, 0) is 0 Å². The van der Waals surface area contributed by atoms with Gasteiger partial charge in [-0.25, -0.2) is 4.39 Å². The van der Waals surface area contributed by atoms with Gasteiger partial charge in [-0.05, 0) is 61.4 Å². The fraction of sp³-hybridized carbons (Fsp3) is 0.250. The lowest BCUT2D eigenvalue weighted by atomic mass is 10.1. The summed E-state index contributed by atoms with van der Waals surface area (Å²) in [6.45, 7) is 4.49. The van der Waals surface area contributed by atoms with Gasteiger partial charge in [0.15, 0.2) is 5.78 Å². The Morgan fingerprint density at radius 3 is 2.62 bits per heavy atom. The molecule has 0 bridgehead atoms. The van der Waals surface area contributed by atoms with Gasteiger partial charge in [-0.2, -0.15) is 0 Å². The maximum Gasteiger partial charge on any atom is 0.187 e. The van der Waals surface area contributed by atoms with Crippen molar-refractivity contribution in [3.05, 3.63) is 71.7 Å². The predicted molar refractivity (Wildman–Crippen MR) is 95.1 cm³/mol. The van der Waals surface area contributed by atoms with Gasteiger partial charge in [-0.3, -0.25) is 4.79 Å². The van der Waals surface area contributed by atoms with Gasteiger partial charge >= 0.3 is 0 Å². The Kier molecular flexibility index (Phi) is 6.55. The number of ether oxygens (including phenoxy) is 1. The molecule has 0 aliphatic heterocycles. The maximum atomic E-state index is 13.2. The van der Waals surface area contributed by atoms with E-state index in [1.54, 1.807) is 49.5 Å². The monoisotopic (exact) mass is 327 g/mol. The number of carbonyl (C=O) groups excluding carboxylic acids is 1. The molecule has 4 heteroatoms. The standard InChI is InChI=1S/C20H22FNO2/c1-3-4-13-24-18-8-5-16(6-9-18)20(23)11-12-22-17-7-10-19(21)15(2)14-17/h5-12,14,22H,3-4,13H2,1-2H3. The number of halogens is 1. The van der Waals surface area contributed by atoms with E-state index in [9.17, 15) is 9.18 Å². The van der Waals surface area contributed by atoms with Crippen LogP contribution in [-0.4, -0.2) is 12.4 Å². The van der Waals surface area contributed by atoms with Crippen LogP contribution in [0.15, 0.2) is 54.7 Å². The lowest BCUT2D eigenvalue weighted by Crippen LogP contribution is -1.99. The van der Waals surface area contributed by atoms with Crippen molar-refractivity contribution in [1.82, 2.24) is 0 Å². The molecule has 0 aromatic heterocycles. The normalized spacial score (nSPS) is 10.8. The smallest absolute Gasteiger partial charge is 0.187 e. The largest absolute Gasteiger partial charge is 0.494 e. The number of nitrogens with one attached hydrogen (secondary N) is 1. The third-order valence-corrected chi connectivity index (χ3v) is 3.55. The van der Waals surface area contributed by atoms with Gasteiger partial charge in [0.2, 0.25) is 0 Å². The van der Waals surface area contributed by atoms with E-state index in [4.69, 9.17) is 4.74 Å². The Morgan fingerprint density at radius 2 is 1.96 bits per heavy atom. The Hall–Kier alpha value is -2.62. The quantitative estimate of drug-likeness (QED) is 0.415. The van der Waals surface area contributed by atoms with E-state index in [2.05, 4.69) is 12.2 Å². The highest BCUT2D eigenvalue weighted by atomic mass is 19.1. The SMILES string of the molecule is CCCCOc1ccc(C(=O)C=CNc2ccc(F)c(C)c2)cc1. The Bertz CT molecular complexity index is 708. The third kappa shape index (κ3) is 5.23. The van der Waals surface area contributed by atoms with Crippen LogP contribution in [0.5, 0.6) is 5.75 Å². The third-order valence-electron chi connectivity index (χ3n) is 3.55. The van der Waals surface area contributed by atoms with Crippen molar-refractivity contribution in [3.8, 4) is 5.75 Å². The van der Waals surface area contributed by atoms with Crippen molar-refractivity contribution in [1.29, 1.82) is 0 Å². The van der Waals surface area contributed by atoms with Gasteiger partial charge in [0.05, 0.1) is 6.61 Å². The molecular weight excluding hydrogens is 305 g/mol. The summed E-state index contributed by atoms with van der Waals surface area (Å²) in [7, 11) is 0. The Labute approximate surface area is 142 Å². The topological polar surface area (TPSA) is 38.3 Å². The number of carbonyl (C=O) groups is 1. The van der Waals surface area contributed by atoms with Crippen molar-refractivity contribution < 1.29 is 13.9 Å². The molecule has 0 fully saturated rings. The number of hydrogen-bond donors (Lipinski definition) is 1. The van der Waals surface area contributed by atoms with Crippen molar-refractivity contribution in [2.24, 2.45) is 0 Å². The van der Waals surface area contributed by atoms with E-state index in [0.717, 1.165) is 24.3 Å². The summed E-state index contributed by atoms with van der Waals surface area (Å²) in [4.78, 5) is 12.1. The van der Waals surface area contributed by atoms with Gasteiger partial charge in [-0.1, -0.05) is 13.3 Å². The maximum absolute atomic E-state index is 13.2. The first kappa shape index (κ1) is 17.7. The number of rotatable bonds is 8. The minimum absolute atomic E-state index is 0.110. The number of benzene rings is 2. The van der Waals surface area contributed by atoms with Crippen molar-refractivity contribution in [3.63, 3.8) is 0 Å².